The third-order valence-corrected chi connectivity index (χ3v) is 4.95. The van der Waals surface area contributed by atoms with Gasteiger partial charge in [-0.3, -0.25) is 9.59 Å². The molecule has 1 saturated heterocycles. The van der Waals surface area contributed by atoms with Gasteiger partial charge in [-0.1, -0.05) is 53.0 Å². The molecular weight excluding hydrogens is 371 g/mol. The number of halogens is 2. The van der Waals surface area contributed by atoms with Crippen molar-refractivity contribution in [3.8, 4) is 0 Å². The van der Waals surface area contributed by atoms with Crippen LogP contribution in [-0.4, -0.2) is 29.3 Å². The van der Waals surface area contributed by atoms with E-state index in [-0.39, 0.29) is 11.8 Å². The third-order valence-electron chi connectivity index (χ3n) is 4.51. The van der Waals surface area contributed by atoms with E-state index in [1.54, 1.807) is 23.1 Å². The average molecular weight is 391 g/mol. The predicted octanol–water partition coefficient (Wildman–Crippen LogP) is 4.22. The predicted molar refractivity (Wildman–Crippen MR) is 104 cm³/mol. The Bertz CT molecular complexity index is 801. The van der Waals surface area contributed by atoms with E-state index in [1.165, 1.54) is 5.56 Å². The van der Waals surface area contributed by atoms with Crippen LogP contribution in [0.25, 0.3) is 0 Å². The van der Waals surface area contributed by atoms with Crippen LogP contribution in [0.4, 0.5) is 0 Å². The van der Waals surface area contributed by atoms with E-state index in [0.717, 1.165) is 12.0 Å². The molecule has 3 rings (SSSR count). The molecule has 2 aromatic rings. The molecule has 26 heavy (non-hydrogen) atoms. The monoisotopic (exact) mass is 390 g/mol. The minimum atomic E-state index is -0.467. The molecule has 1 aliphatic heterocycles. The second kappa shape index (κ2) is 8.11. The number of nitrogens with zero attached hydrogens (tertiary/aromatic N) is 1. The fourth-order valence-corrected chi connectivity index (χ4v) is 3.66. The van der Waals surface area contributed by atoms with E-state index in [9.17, 15) is 9.59 Å². The van der Waals surface area contributed by atoms with Crippen molar-refractivity contribution in [2.75, 3.05) is 6.54 Å². The minimum absolute atomic E-state index is 0.135. The van der Waals surface area contributed by atoms with Crippen molar-refractivity contribution in [1.82, 2.24) is 10.2 Å². The highest BCUT2D eigenvalue weighted by Crippen LogP contribution is 2.24. The summed E-state index contributed by atoms with van der Waals surface area (Å²) in [5.74, 6) is -0.355. The summed E-state index contributed by atoms with van der Waals surface area (Å²) in [4.78, 5) is 27.0. The van der Waals surface area contributed by atoms with Crippen molar-refractivity contribution in [3.63, 3.8) is 0 Å². The fourth-order valence-electron chi connectivity index (χ4n) is 3.14. The normalized spacial score (nSPS) is 16.6. The van der Waals surface area contributed by atoms with Crippen LogP contribution in [0.5, 0.6) is 0 Å². The highest BCUT2D eigenvalue weighted by molar-refractivity contribution is 6.35. The second-order valence-corrected chi connectivity index (χ2v) is 7.39. The van der Waals surface area contributed by atoms with Crippen LogP contribution in [0.15, 0.2) is 42.5 Å². The minimum Gasteiger partial charge on any atom is -0.350 e. The lowest BCUT2D eigenvalue weighted by Crippen LogP contribution is -2.45. The first kappa shape index (κ1) is 18.7. The van der Waals surface area contributed by atoms with Crippen molar-refractivity contribution >= 4 is 35.0 Å². The van der Waals surface area contributed by atoms with Crippen molar-refractivity contribution in [2.45, 2.75) is 32.4 Å². The summed E-state index contributed by atoms with van der Waals surface area (Å²) in [6, 6.07) is 12.3. The molecule has 0 saturated carbocycles. The quantitative estimate of drug-likeness (QED) is 0.849. The fraction of sp³-hybridized carbons (Fsp3) is 0.300. The molecule has 1 atom stereocenters. The largest absolute Gasteiger partial charge is 0.350 e. The number of carbonyl (C=O) groups excluding carboxylic acids is 2. The average Bonchev–Trinajstić information content (AvgIpc) is 3.09. The first-order valence-corrected chi connectivity index (χ1v) is 9.30. The molecule has 6 heteroatoms. The van der Waals surface area contributed by atoms with Gasteiger partial charge in [-0.05, 0) is 43.5 Å². The Balaban J connectivity index is 1.67. The number of carbonyl (C=O) groups is 2. The Hall–Kier alpha value is -2.04. The standard InChI is InChI=1S/C20H20Cl2N2O2/c1-13-4-6-14(7-5-13)12-23-19(25)18-3-2-8-24(18)20(26)15-9-16(21)11-17(22)10-15/h4-7,9-11,18H,2-3,8,12H2,1H3,(H,23,25). The lowest BCUT2D eigenvalue weighted by atomic mass is 10.1. The van der Waals surface area contributed by atoms with Crippen LogP contribution >= 0.6 is 23.2 Å². The lowest BCUT2D eigenvalue weighted by molar-refractivity contribution is -0.125. The number of benzene rings is 2. The molecule has 1 fully saturated rings. The Labute approximate surface area is 163 Å². The van der Waals surface area contributed by atoms with Gasteiger partial charge in [0.2, 0.25) is 5.91 Å². The van der Waals surface area contributed by atoms with Gasteiger partial charge in [0.25, 0.3) is 5.91 Å². The molecule has 0 bridgehead atoms. The van der Waals surface area contributed by atoms with Gasteiger partial charge in [-0.15, -0.1) is 0 Å². The molecule has 0 aromatic heterocycles. The first-order chi connectivity index (χ1) is 12.4. The Morgan fingerprint density at radius 1 is 1.12 bits per heavy atom. The van der Waals surface area contributed by atoms with Crippen LogP contribution in [0, 0.1) is 6.92 Å². The van der Waals surface area contributed by atoms with Crippen LogP contribution in [0.2, 0.25) is 10.0 Å². The Kier molecular flexibility index (Phi) is 5.84. The molecule has 1 unspecified atom stereocenters. The first-order valence-electron chi connectivity index (χ1n) is 8.54. The van der Waals surface area contributed by atoms with Crippen molar-refractivity contribution in [1.29, 1.82) is 0 Å². The summed E-state index contributed by atoms with van der Waals surface area (Å²) in [6.07, 6.45) is 1.45. The van der Waals surface area contributed by atoms with Gasteiger partial charge in [-0.25, -0.2) is 0 Å². The van der Waals surface area contributed by atoms with Gasteiger partial charge in [0, 0.05) is 28.7 Å². The summed E-state index contributed by atoms with van der Waals surface area (Å²) in [6.45, 7) is 3.01. The van der Waals surface area contributed by atoms with Crippen molar-refractivity contribution in [3.05, 3.63) is 69.2 Å². The summed E-state index contributed by atoms with van der Waals surface area (Å²) >= 11 is 12.0. The second-order valence-electron chi connectivity index (χ2n) is 6.52. The number of amides is 2. The highest BCUT2D eigenvalue weighted by Gasteiger charge is 2.34. The number of hydrogen-bond acceptors (Lipinski definition) is 2. The maximum Gasteiger partial charge on any atom is 0.254 e. The van der Waals surface area contributed by atoms with E-state index in [0.29, 0.717) is 35.1 Å². The van der Waals surface area contributed by atoms with E-state index in [4.69, 9.17) is 23.2 Å². The van der Waals surface area contributed by atoms with E-state index < -0.39 is 6.04 Å². The van der Waals surface area contributed by atoms with Gasteiger partial charge in [0.15, 0.2) is 0 Å². The topological polar surface area (TPSA) is 49.4 Å². The van der Waals surface area contributed by atoms with Gasteiger partial charge in [0.1, 0.15) is 6.04 Å². The lowest BCUT2D eigenvalue weighted by Gasteiger charge is -2.24. The zero-order valence-electron chi connectivity index (χ0n) is 14.5. The van der Waals surface area contributed by atoms with E-state index in [2.05, 4.69) is 5.32 Å². The molecule has 1 N–H and O–H groups in total. The van der Waals surface area contributed by atoms with Gasteiger partial charge < -0.3 is 10.2 Å². The molecule has 1 heterocycles. The molecular formula is C20H20Cl2N2O2. The molecule has 4 nitrogen and oxygen atoms in total. The van der Waals surface area contributed by atoms with E-state index in [1.807, 2.05) is 31.2 Å². The summed E-state index contributed by atoms with van der Waals surface area (Å²) in [5, 5.41) is 3.74. The number of aryl methyl sites for hydroxylation is 1. The van der Waals surface area contributed by atoms with Crippen LogP contribution in [0.3, 0.4) is 0 Å². The Morgan fingerprint density at radius 2 is 1.77 bits per heavy atom. The molecule has 0 aliphatic carbocycles. The van der Waals surface area contributed by atoms with Crippen LogP contribution < -0.4 is 5.32 Å². The van der Waals surface area contributed by atoms with Crippen molar-refractivity contribution < 1.29 is 9.59 Å². The summed E-state index contributed by atoms with van der Waals surface area (Å²) in [5.41, 5.74) is 2.61. The zero-order chi connectivity index (χ0) is 18.7. The molecule has 0 spiro atoms. The third kappa shape index (κ3) is 4.37. The number of nitrogens with one attached hydrogen (secondary N) is 1. The molecule has 136 valence electrons. The number of rotatable bonds is 4. The molecule has 2 amide bonds. The zero-order valence-corrected chi connectivity index (χ0v) is 16.0. The van der Waals surface area contributed by atoms with E-state index >= 15 is 0 Å². The maximum atomic E-state index is 12.8. The smallest absolute Gasteiger partial charge is 0.254 e. The van der Waals surface area contributed by atoms with Crippen LogP contribution in [-0.2, 0) is 11.3 Å². The molecule has 1 aliphatic rings. The molecule has 0 radical (unpaired) electrons. The maximum absolute atomic E-state index is 12.8. The summed E-state index contributed by atoms with van der Waals surface area (Å²) < 4.78 is 0. The van der Waals surface area contributed by atoms with Crippen LogP contribution in [0.1, 0.15) is 34.3 Å². The molecule has 2 aromatic carbocycles. The number of hydrogen-bond donors (Lipinski definition) is 1. The Morgan fingerprint density at radius 3 is 2.42 bits per heavy atom. The van der Waals surface area contributed by atoms with Crippen molar-refractivity contribution in [2.24, 2.45) is 0 Å². The summed E-state index contributed by atoms with van der Waals surface area (Å²) in [7, 11) is 0. The van der Waals surface area contributed by atoms with Gasteiger partial charge in [0.05, 0.1) is 0 Å². The number of likely N-dealkylation sites (tertiary alicyclic amines) is 1. The SMILES string of the molecule is Cc1ccc(CNC(=O)C2CCCN2C(=O)c2cc(Cl)cc(Cl)c2)cc1. The van der Waals surface area contributed by atoms with Gasteiger partial charge in [-0.2, -0.15) is 0 Å². The highest BCUT2D eigenvalue weighted by atomic mass is 35.5. The van der Waals surface area contributed by atoms with Gasteiger partial charge >= 0.3 is 0 Å².